The van der Waals surface area contributed by atoms with Gasteiger partial charge in [0, 0.05) is 5.69 Å². The third-order valence-electron chi connectivity index (χ3n) is 2.15. The molecule has 16 heavy (non-hydrogen) atoms. The minimum absolute atomic E-state index is 0.332. The van der Waals surface area contributed by atoms with Crippen molar-refractivity contribution in [1.29, 1.82) is 5.26 Å². The molecule has 0 radical (unpaired) electrons. The predicted octanol–water partition coefficient (Wildman–Crippen LogP) is 2.47. The van der Waals surface area contributed by atoms with E-state index < -0.39 is 0 Å². The van der Waals surface area contributed by atoms with E-state index in [1.54, 1.807) is 18.3 Å². The average molecular weight is 213 g/mol. The zero-order valence-electron chi connectivity index (χ0n) is 8.90. The van der Waals surface area contributed by atoms with E-state index in [1.165, 1.54) is 0 Å². The van der Waals surface area contributed by atoms with Crippen LogP contribution in [0, 0.1) is 18.3 Å². The number of pyridine rings is 1. The zero-order valence-corrected chi connectivity index (χ0v) is 8.90. The number of nitrogens with one attached hydrogen (secondary N) is 1. The normalized spacial score (nSPS) is 9.75. The van der Waals surface area contributed by atoms with Gasteiger partial charge in [0.05, 0.1) is 18.4 Å². The van der Waals surface area contributed by atoms with Crippen molar-refractivity contribution in [2.45, 2.75) is 13.5 Å². The van der Waals surface area contributed by atoms with Gasteiger partial charge in [-0.1, -0.05) is 0 Å². The van der Waals surface area contributed by atoms with Crippen LogP contribution in [-0.4, -0.2) is 4.98 Å². The molecular weight excluding hydrogens is 202 g/mol. The summed E-state index contributed by atoms with van der Waals surface area (Å²) in [4.78, 5) is 4.17. The number of nitriles is 1. The second-order valence-corrected chi connectivity index (χ2v) is 3.42. The number of nitrogens with zero attached hydrogens (tertiary/aromatic N) is 2. The van der Waals surface area contributed by atoms with Gasteiger partial charge < -0.3 is 9.73 Å². The Morgan fingerprint density at radius 1 is 1.38 bits per heavy atom. The number of rotatable bonds is 3. The van der Waals surface area contributed by atoms with Gasteiger partial charge in [0.25, 0.3) is 0 Å². The molecule has 0 spiro atoms. The van der Waals surface area contributed by atoms with Crippen molar-refractivity contribution in [2.75, 3.05) is 5.32 Å². The summed E-state index contributed by atoms with van der Waals surface area (Å²) < 4.78 is 5.23. The van der Waals surface area contributed by atoms with Gasteiger partial charge in [-0.3, -0.25) is 4.98 Å². The Hall–Kier alpha value is -2.28. The number of hydrogen-bond donors (Lipinski definition) is 1. The molecule has 2 rings (SSSR count). The molecule has 0 saturated carbocycles. The molecule has 4 heteroatoms. The summed E-state index contributed by atoms with van der Waals surface area (Å²) in [6, 6.07) is 9.28. The molecule has 0 aliphatic rings. The van der Waals surface area contributed by atoms with Crippen LogP contribution in [0.2, 0.25) is 0 Å². The molecular formula is C12H11N3O. The molecule has 2 aromatic heterocycles. The molecule has 4 nitrogen and oxygen atoms in total. The Labute approximate surface area is 93.5 Å². The summed E-state index contributed by atoms with van der Waals surface area (Å²) in [6.45, 7) is 2.49. The molecule has 0 unspecified atom stereocenters. The molecule has 2 aromatic rings. The van der Waals surface area contributed by atoms with Gasteiger partial charge in [0.15, 0.2) is 0 Å². The van der Waals surface area contributed by atoms with Crippen LogP contribution in [0.4, 0.5) is 5.69 Å². The van der Waals surface area contributed by atoms with Gasteiger partial charge in [-0.2, -0.15) is 5.26 Å². The number of aryl methyl sites for hydroxylation is 1. The first-order chi connectivity index (χ1) is 7.78. The summed E-state index contributed by atoms with van der Waals surface area (Å²) >= 11 is 0. The lowest BCUT2D eigenvalue weighted by molar-refractivity contribution is 0.506. The van der Waals surface area contributed by atoms with E-state index in [1.807, 2.05) is 25.1 Å². The summed E-state index contributed by atoms with van der Waals surface area (Å²) in [6.07, 6.45) is 1.77. The van der Waals surface area contributed by atoms with Gasteiger partial charge in [-0.05, 0) is 31.2 Å². The Kier molecular flexibility index (Phi) is 2.88. The molecule has 0 fully saturated rings. The summed E-state index contributed by atoms with van der Waals surface area (Å²) in [7, 11) is 0. The van der Waals surface area contributed by atoms with Crippen LogP contribution < -0.4 is 5.32 Å². The van der Waals surface area contributed by atoms with Crippen molar-refractivity contribution < 1.29 is 4.42 Å². The van der Waals surface area contributed by atoms with Crippen LogP contribution in [0.3, 0.4) is 0 Å². The van der Waals surface area contributed by atoms with Crippen molar-refractivity contribution in [1.82, 2.24) is 4.98 Å². The number of furan rings is 1. The zero-order chi connectivity index (χ0) is 11.4. The molecule has 0 aromatic carbocycles. The number of anilines is 1. The fourth-order valence-electron chi connectivity index (χ4n) is 1.29. The highest BCUT2D eigenvalue weighted by atomic mass is 16.3. The Morgan fingerprint density at radius 3 is 2.88 bits per heavy atom. The van der Waals surface area contributed by atoms with Gasteiger partial charge in [0.1, 0.15) is 11.8 Å². The number of aromatic nitrogens is 1. The van der Waals surface area contributed by atoms with E-state index in [0.717, 1.165) is 17.1 Å². The van der Waals surface area contributed by atoms with E-state index in [-0.39, 0.29) is 0 Å². The first-order valence-electron chi connectivity index (χ1n) is 4.93. The van der Waals surface area contributed by atoms with Gasteiger partial charge in [-0.25, -0.2) is 0 Å². The molecule has 0 aliphatic heterocycles. The maximum absolute atomic E-state index is 8.59. The van der Waals surface area contributed by atoms with Crippen LogP contribution in [0.5, 0.6) is 0 Å². The third kappa shape index (κ3) is 2.39. The molecule has 0 atom stereocenters. The highest BCUT2D eigenvalue weighted by molar-refractivity contribution is 5.41. The largest absolute Gasteiger partial charge is 0.449 e. The lowest BCUT2D eigenvalue weighted by Gasteiger charge is -2.03. The first-order valence-corrected chi connectivity index (χ1v) is 4.93. The summed E-state index contributed by atoms with van der Waals surface area (Å²) in [5.74, 6) is 1.07. The van der Waals surface area contributed by atoms with Crippen LogP contribution in [0.25, 0.3) is 0 Å². The fraction of sp³-hybridized carbons (Fsp3) is 0.167. The topological polar surface area (TPSA) is 61.9 Å². The lowest BCUT2D eigenvalue weighted by atomic mass is 10.3. The average Bonchev–Trinajstić information content (AvgIpc) is 2.76. The number of hydrogen-bond acceptors (Lipinski definition) is 4. The van der Waals surface area contributed by atoms with Crippen LogP contribution in [-0.2, 0) is 6.54 Å². The second-order valence-electron chi connectivity index (χ2n) is 3.42. The molecule has 0 aliphatic carbocycles. The van der Waals surface area contributed by atoms with Crippen molar-refractivity contribution in [3.05, 3.63) is 47.7 Å². The molecule has 80 valence electrons. The van der Waals surface area contributed by atoms with Gasteiger partial charge in [0.2, 0.25) is 5.76 Å². The maximum Gasteiger partial charge on any atom is 0.203 e. The van der Waals surface area contributed by atoms with Crippen LogP contribution in [0.1, 0.15) is 17.2 Å². The Morgan fingerprint density at radius 2 is 2.25 bits per heavy atom. The van der Waals surface area contributed by atoms with Crippen molar-refractivity contribution in [2.24, 2.45) is 0 Å². The lowest BCUT2D eigenvalue weighted by Crippen LogP contribution is -1.98. The van der Waals surface area contributed by atoms with Crippen molar-refractivity contribution in [3.8, 4) is 6.07 Å². The van der Waals surface area contributed by atoms with Gasteiger partial charge >= 0.3 is 0 Å². The molecule has 0 bridgehead atoms. The minimum atomic E-state index is 0.332. The molecule has 1 N–H and O–H groups in total. The maximum atomic E-state index is 8.59. The quantitative estimate of drug-likeness (QED) is 0.850. The summed E-state index contributed by atoms with van der Waals surface area (Å²) in [5, 5.41) is 11.8. The van der Waals surface area contributed by atoms with Gasteiger partial charge in [-0.15, -0.1) is 0 Å². The highest BCUT2D eigenvalue weighted by Crippen LogP contribution is 2.10. The SMILES string of the molecule is Cc1ccc(NCc2ccc(C#N)o2)cn1. The molecule has 0 saturated heterocycles. The summed E-state index contributed by atoms with van der Waals surface area (Å²) in [5.41, 5.74) is 1.91. The minimum Gasteiger partial charge on any atom is -0.449 e. The molecule has 0 amide bonds. The Balaban J connectivity index is 1.97. The Bertz CT molecular complexity index is 508. The molecule has 2 heterocycles. The van der Waals surface area contributed by atoms with E-state index in [2.05, 4.69) is 10.3 Å². The van der Waals surface area contributed by atoms with E-state index in [9.17, 15) is 0 Å². The fourth-order valence-corrected chi connectivity index (χ4v) is 1.29. The van der Waals surface area contributed by atoms with Crippen LogP contribution in [0.15, 0.2) is 34.9 Å². The van der Waals surface area contributed by atoms with E-state index >= 15 is 0 Å². The smallest absolute Gasteiger partial charge is 0.203 e. The third-order valence-corrected chi connectivity index (χ3v) is 2.15. The second kappa shape index (κ2) is 4.49. The monoisotopic (exact) mass is 213 g/mol. The van der Waals surface area contributed by atoms with Crippen molar-refractivity contribution in [3.63, 3.8) is 0 Å². The first kappa shape index (κ1) is 10.2. The van der Waals surface area contributed by atoms with E-state index in [0.29, 0.717) is 12.3 Å². The highest BCUT2D eigenvalue weighted by Gasteiger charge is 2.00. The van der Waals surface area contributed by atoms with Crippen molar-refractivity contribution >= 4 is 5.69 Å². The standard InChI is InChI=1S/C12H11N3O/c1-9-2-3-10(7-14-9)15-8-12-5-4-11(6-13)16-12/h2-5,7,15H,8H2,1H3. The van der Waals surface area contributed by atoms with Crippen LogP contribution >= 0.6 is 0 Å². The van der Waals surface area contributed by atoms with E-state index in [4.69, 9.17) is 9.68 Å². The predicted molar refractivity (Wildman–Crippen MR) is 59.7 cm³/mol.